The van der Waals surface area contributed by atoms with Crippen LogP contribution in [0.3, 0.4) is 0 Å². The summed E-state index contributed by atoms with van der Waals surface area (Å²) in [6.07, 6.45) is 0. The van der Waals surface area contributed by atoms with Gasteiger partial charge in [-0.3, -0.25) is 9.59 Å². The third kappa shape index (κ3) is 3.54. The fraction of sp³-hybridized carbons (Fsp3) is 0.154. The van der Waals surface area contributed by atoms with E-state index in [0.29, 0.717) is 38.4 Å². The highest BCUT2D eigenvalue weighted by molar-refractivity contribution is 7.84. The Morgan fingerprint density at radius 2 is 1.76 bits per heavy atom. The molecule has 6 nitrogen and oxygen atoms in total. The summed E-state index contributed by atoms with van der Waals surface area (Å²) >= 11 is 0. The highest BCUT2D eigenvalue weighted by Crippen LogP contribution is 2.34. The van der Waals surface area contributed by atoms with E-state index >= 15 is 0 Å². The maximum absolute atomic E-state index is 13.3. The van der Waals surface area contributed by atoms with E-state index in [-0.39, 0.29) is 17.4 Å². The molecule has 1 amide bonds. The second-order valence-electron chi connectivity index (χ2n) is 8.28. The van der Waals surface area contributed by atoms with Crippen molar-refractivity contribution in [3.05, 3.63) is 93.1 Å². The van der Waals surface area contributed by atoms with Gasteiger partial charge in [0.05, 0.1) is 17.1 Å². The Kier molecular flexibility index (Phi) is 5.13. The zero-order valence-electron chi connectivity index (χ0n) is 18.4. The minimum absolute atomic E-state index is 0.0655. The lowest BCUT2D eigenvalue weighted by molar-refractivity contribution is 0.0986. The first-order valence-electron chi connectivity index (χ1n) is 10.7. The molecule has 5 rings (SSSR count). The van der Waals surface area contributed by atoms with Gasteiger partial charge in [0, 0.05) is 16.7 Å². The van der Waals surface area contributed by atoms with Crippen LogP contribution in [0.15, 0.2) is 74.8 Å². The highest BCUT2D eigenvalue weighted by Gasteiger charge is 2.34. The number of carbonyl (C=O) groups excluding carboxylic acids is 1. The molecule has 2 heterocycles. The van der Waals surface area contributed by atoms with Crippen LogP contribution in [0.1, 0.15) is 40.0 Å². The van der Waals surface area contributed by atoms with Gasteiger partial charge < -0.3 is 9.73 Å². The zero-order valence-corrected chi connectivity index (χ0v) is 19.3. The number of hydrogen-bond donors (Lipinski definition) is 2. The van der Waals surface area contributed by atoms with Gasteiger partial charge in [0.15, 0.2) is 10.3 Å². The van der Waals surface area contributed by atoms with Crippen molar-refractivity contribution < 1.29 is 13.4 Å². The van der Waals surface area contributed by atoms with Crippen LogP contribution in [0.5, 0.6) is 0 Å². The minimum atomic E-state index is -1.94. The molecule has 2 atom stereocenters. The van der Waals surface area contributed by atoms with Crippen LogP contribution in [0.2, 0.25) is 0 Å². The fourth-order valence-electron chi connectivity index (χ4n) is 4.34. The van der Waals surface area contributed by atoms with Gasteiger partial charge in [-0.1, -0.05) is 46.7 Å². The number of hydrogen-bond acceptors (Lipinski definition) is 5. The normalized spacial score (nSPS) is 15.8. The van der Waals surface area contributed by atoms with Crippen LogP contribution in [-0.4, -0.2) is 5.91 Å². The standard InChI is InChI=1S/C26H22N2O4S/c1-14-12-18(16(3)27-20-10-7-11-21-22(20)26(30)28-33(21)31)25-19(13-14)23(29)15(2)24(32-25)17-8-5-4-6-9-17/h4-13,16,27H,1-3H3,(H,28,30,31)/p+1. The number of nitrogens with one attached hydrogen (secondary N) is 2. The smallest absolute Gasteiger partial charge is 0.299 e. The van der Waals surface area contributed by atoms with Gasteiger partial charge in [-0.15, -0.1) is 0 Å². The number of aryl methyl sites for hydroxylation is 1. The maximum Gasteiger partial charge on any atom is 0.299 e. The minimum Gasteiger partial charge on any atom is -0.455 e. The van der Waals surface area contributed by atoms with Crippen LogP contribution >= 0.6 is 0 Å². The summed E-state index contributed by atoms with van der Waals surface area (Å²) in [6.45, 7) is 5.67. The van der Waals surface area contributed by atoms with Gasteiger partial charge in [0.1, 0.15) is 16.9 Å². The summed E-state index contributed by atoms with van der Waals surface area (Å²) in [5, 5.41) is 3.89. The Hall–Kier alpha value is -3.71. The monoisotopic (exact) mass is 459 g/mol. The molecule has 7 heteroatoms. The SMILES string of the molecule is Cc1cc(C(C)Nc2cccc3c2C(=O)N[SH+]3=O)c2oc(-c3ccccc3)c(C)c(=O)c2c1. The molecule has 166 valence electrons. The summed E-state index contributed by atoms with van der Waals surface area (Å²) in [5.74, 6) is 0.186. The largest absolute Gasteiger partial charge is 0.455 e. The van der Waals surface area contributed by atoms with Gasteiger partial charge in [-0.05, 0) is 44.5 Å². The first-order valence-corrected chi connectivity index (χ1v) is 11.9. The number of carbonyl (C=O) groups is 1. The molecule has 1 aromatic heterocycles. The molecule has 0 radical (unpaired) electrons. The van der Waals surface area contributed by atoms with E-state index in [9.17, 15) is 13.8 Å². The first kappa shape index (κ1) is 21.2. The fourth-order valence-corrected chi connectivity index (χ4v) is 5.41. The predicted molar refractivity (Wildman–Crippen MR) is 131 cm³/mol. The first-order chi connectivity index (χ1) is 15.8. The summed E-state index contributed by atoms with van der Waals surface area (Å²) in [6, 6.07) is 18.4. The molecule has 0 fully saturated rings. The predicted octanol–water partition coefficient (Wildman–Crippen LogP) is 4.96. The van der Waals surface area contributed by atoms with Gasteiger partial charge in [0.25, 0.3) is 5.91 Å². The Morgan fingerprint density at radius 1 is 1.00 bits per heavy atom. The number of amides is 1. The van der Waals surface area contributed by atoms with Crippen molar-refractivity contribution in [1.29, 1.82) is 0 Å². The van der Waals surface area contributed by atoms with E-state index in [1.54, 1.807) is 25.1 Å². The van der Waals surface area contributed by atoms with Crippen molar-refractivity contribution in [3.8, 4) is 11.3 Å². The molecule has 1 aliphatic rings. The van der Waals surface area contributed by atoms with Gasteiger partial charge >= 0.3 is 0 Å². The molecule has 2 unspecified atom stereocenters. The number of anilines is 1. The molecular formula is C26H23N2O4S+. The molecule has 3 aromatic carbocycles. The van der Waals surface area contributed by atoms with Crippen LogP contribution in [0, 0.1) is 13.8 Å². The number of rotatable bonds is 4. The Balaban J connectivity index is 1.66. The molecular weight excluding hydrogens is 436 g/mol. The third-order valence-corrected chi connectivity index (χ3v) is 7.17. The van der Waals surface area contributed by atoms with Crippen LogP contribution in [-0.2, 0) is 15.2 Å². The van der Waals surface area contributed by atoms with E-state index in [1.165, 1.54) is 0 Å². The molecule has 33 heavy (non-hydrogen) atoms. The topological polar surface area (TPSA) is 88.4 Å². The molecule has 0 saturated carbocycles. The summed E-state index contributed by atoms with van der Waals surface area (Å²) in [7, 11) is -1.94. The van der Waals surface area contributed by atoms with Crippen LogP contribution < -0.4 is 15.5 Å². The van der Waals surface area contributed by atoms with Gasteiger partial charge in [-0.2, -0.15) is 4.72 Å². The number of fused-ring (bicyclic) bond motifs is 2. The maximum atomic E-state index is 13.3. The Bertz CT molecular complexity index is 1510. The van der Waals surface area contributed by atoms with Crippen LogP contribution in [0.4, 0.5) is 5.69 Å². The Morgan fingerprint density at radius 3 is 2.52 bits per heavy atom. The van der Waals surface area contributed by atoms with Gasteiger partial charge in [-0.25, -0.2) is 0 Å². The van der Waals surface area contributed by atoms with Crippen molar-refractivity contribution in [3.63, 3.8) is 0 Å². The van der Waals surface area contributed by atoms with E-state index in [1.807, 2.05) is 56.3 Å². The molecule has 0 spiro atoms. The van der Waals surface area contributed by atoms with E-state index in [2.05, 4.69) is 10.0 Å². The van der Waals surface area contributed by atoms with E-state index in [4.69, 9.17) is 4.42 Å². The van der Waals surface area contributed by atoms with Crippen molar-refractivity contribution in [2.75, 3.05) is 5.32 Å². The Labute approximate surface area is 193 Å². The third-order valence-electron chi connectivity index (χ3n) is 5.96. The number of benzene rings is 3. The molecule has 0 saturated heterocycles. The molecule has 4 aromatic rings. The summed E-state index contributed by atoms with van der Waals surface area (Å²) in [4.78, 5) is 26.1. The van der Waals surface area contributed by atoms with E-state index < -0.39 is 11.0 Å². The highest BCUT2D eigenvalue weighted by atomic mass is 32.2. The lowest BCUT2D eigenvalue weighted by atomic mass is 9.98. The van der Waals surface area contributed by atoms with Crippen molar-refractivity contribution in [2.24, 2.45) is 0 Å². The van der Waals surface area contributed by atoms with Crippen LogP contribution in [0.25, 0.3) is 22.3 Å². The van der Waals surface area contributed by atoms with E-state index in [0.717, 1.165) is 16.7 Å². The second kappa shape index (κ2) is 8.01. The average Bonchev–Trinajstić information content (AvgIpc) is 3.11. The zero-order chi connectivity index (χ0) is 23.3. The quantitative estimate of drug-likeness (QED) is 0.333. The second-order valence-corrected chi connectivity index (χ2v) is 9.58. The summed E-state index contributed by atoms with van der Waals surface area (Å²) in [5.41, 5.74) is 4.57. The average molecular weight is 460 g/mol. The summed E-state index contributed by atoms with van der Waals surface area (Å²) < 4.78 is 21.0. The van der Waals surface area contributed by atoms with Crippen molar-refractivity contribution in [2.45, 2.75) is 31.7 Å². The molecule has 0 aliphatic carbocycles. The lowest BCUT2D eigenvalue weighted by Crippen LogP contribution is -2.17. The molecule has 2 N–H and O–H groups in total. The van der Waals surface area contributed by atoms with Crippen molar-refractivity contribution >= 4 is 33.5 Å². The lowest BCUT2D eigenvalue weighted by Gasteiger charge is -2.19. The van der Waals surface area contributed by atoms with Crippen molar-refractivity contribution in [1.82, 2.24) is 4.72 Å². The molecule has 1 aliphatic heterocycles. The molecule has 0 bridgehead atoms. The number of thiol groups is 1. The van der Waals surface area contributed by atoms with Gasteiger partial charge in [0.2, 0.25) is 11.0 Å².